The van der Waals surface area contributed by atoms with E-state index in [9.17, 15) is 17.9 Å². The number of thiophene rings is 1. The van der Waals surface area contributed by atoms with Crippen LogP contribution in [-0.2, 0) is 10.0 Å². The first kappa shape index (κ1) is 18.1. The second kappa shape index (κ2) is 7.27. The number of hydrogen-bond acceptors (Lipinski definition) is 5. The molecule has 0 atom stereocenters. The molecule has 0 saturated heterocycles. The van der Waals surface area contributed by atoms with E-state index < -0.39 is 21.7 Å². The van der Waals surface area contributed by atoms with Gasteiger partial charge in [0, 0.05) is 5.69 Å². The zero-order valence-corrected chi connectivity index (χ0v) is 15.3. The summed E-state index contributed by atoms with van der Waals surface area (Å²) in [5.41, 5.74) is 1.58. The first-order valence-electron chi connectivity index (χ1n) is 7.54. The number of halogens is 1. The molecule has 1 aromatic heterocycles. The maximum absolute atomic E-state index is 13.1. The summed E-state index contributed by atoms with van der Waals surface area (Å²) in [4.78, 5) is 3.97. The third-order valence-corrected chi connectivity index (χ3v) is 6.30. The highest BCUT2D eigenvalue weighted by atomic mass is 32.2. The van der Waals surface area contributed by atoms with Crippen molar-refractivity contribution < 1.29 is 17.9 Å². The quantitative estimate of drug-likeness (QED) is 0.536. The van der Waals surface area contributed by atoms with Crippen molar-refractivity contribution in [1.29, 1.82) is 0 Å². The Morgan fingerprint density at radius 2 is 1.88 bits per heavy atom. The molecule has 3 rings (SSSR count). The molecular weight excluding hydrogens is 375 g/mol. The highest BCUT2D eigenvalue weighted by Gasteiger charge is 2.14. The van der Waals surface area contributed by atoms with E-state index in [0.717, 1.165) is 11.3 Å². The van der Waals surface area contributed by atoms with E-state index in [1.165, 1.54) is 48.5 Å². The van der Waals surface area contributed by atoms with Crippen molar-refractivity contribution >= 4 is 38.6 Å². The summed E-state index contributed by atoms with van der Waals surface area (Å²) < 4.78 is 40.1. The molecule has 1 heterocycles. The Labute approximate surface area is 154 Å². The minimum absolute atomic E-state index is 0.208. The van der Waals surface area contributed by atoms with E-state index in [1.807, 2.05) is 0 Å². The smallest absolute Gasteiger partial charge is 0.271 e. The molecule has 3 aromatic rings. The lowest BCUT2D eigenvalue weighted by atomic mass is 10.2. The Hall–Kier alpha value is -2.71. The first-order chi connectivity index (χ1) is 12.3. The fraction of sp³-hybridized carbons (Fsp3) is 0.0556. The van der Waals surface area contributed by atoms with Gasteiger partial charge in [0.05, 0.1) is 5.69 Å². The zero-order chi connectivity index (χ0) is 18.7. The fourth-order valence-electron chi connectivity index (χ4n) is 2.22. The summed E-state index contributed by atoms with van der Waals surface area (Å²) in [6, 6.07) is 13.1. The molecule has 8 heteroatoms. The van der Waals surface area contributed by atoms with Crippen LogP contribution in [0.5, 0.6) is 0 Å². The van der Waals surface area contributed by atoms with Gasteiger partial charge in [-0.2, -0.15) is 0 Å². The summed E-state index contributed by atoms with van der Waals surface area (Å²) in [6.07, 6.45) is 0. The van der Waals surface area contributed by atoms with Crippen molar-refractivity contribution in [2.45, 2.75) is 11.1 Å². The summed E-state index contributed by atoms with van der Waals surface area (Å²) >= 11 is 1.11. The Bertz CT molecular complexity index is 1040. The molecule has 5 nitrogen and oxygen atoms in total. The van der Waals surface area contributed by atoms with Crippen LogP contribution in [-0.4, -0.2) is 14.3 Å². The van der Waals surface area contributed by atoms with Crippen molar-refractivity contribution in [3.05, 3.63) is 76.9 Å². The van der Waals surface area contributed by atoms with Gasteiger partial charge in [-0.05, 0) is 65.7 Å². The van der Waals surface area contributed by atoms with E-state index in [2.05, 4.69) is 9.71 Å². The molecule has 1 N–H and O–H groups in total. The van der Waals surface area contributed by atoms with Gasteiger partial charge >= 0.3 is 0 Å². The van der Waals surface area contributed by atoms with Crippen molar-refractivity contribution in [2.75, 3.05) is 4.72 Å². The third-order valence-electron chi connectivity index (χ3n) is 3.52. The summed E-state index contributed by atoms with van der Waals surface area (Å²) in [5.74, 6) is -0.886. The molecule has 134 valence electrons. The summed E-state index contributed by atoms with van der Waals surface area (Å²) in [6.45, 7) is 1.66. The number of anilines is 1. The first-order valence-corrected chi connectivity index (χ1v) is 9.90. The van der Waals surface area contributed by atoms with E-state index in [-0.39, 0.29) is 4.21 Å². The van der Waals surface area contributed by atoms with Gasteiger partial charge in [-0.1, -0.05) is 18.2 Å². The minimum Gasteiger partial charge on any atom is -0.858 e. The number of nitrogens with one attached hydrogen (secondary N) is 1. The van der Waals surface area contributed by atoms with Crippen LogP contribution < -0.4 is 9.83 Å². The van der Waals surface area contributed by atoms with Crippen LogP contribution in [0.3, 0.4) is 0 Å². The predicted molar refractivity (Wildman–Crippen MR) is 98.9 cm³/mol. The number of sulfonamides is 1. The summed E-state index contributed by atoms with van der Waals surface area (Å²) in [7, 11) is -3.64. The number of benzene rings is 2. The fourth-order valence-corrected chi connectivity index (χ4v) is 4.27. The Kier molecular flexibility index (Phi) is 5.06. The van der Waals surface area contributed by atoms with Gasteiger partial charge in [0.15, 0.2) is 0 Å². The monoisotopic (exact) mass is 389 g/mol. The standard InChI is InChI=1S/C18H15FN2O3S2/c1-12-11-14(19)6-9-16(12)20-18(22)13-4-7-15(8-5-13)21-26(23,24)17-3-2-10-25-17/h2-11,21H,1H3,(H,20,22)/p-1. The lowest BCUT2D eigenvalue weighted by molar-refractivity contribution is -0.212. The van der Waals surface area contributed by atoms with Crippen LogP contribution in [0.1, 0.15) is 11.1 Å². The number of aryl methyl sites for hydroxylation is 1. The van der Waals surface area contributed by atoms with Crippen molar-refractivity contribution in [2.24, 2.45) is 4.99 Å². The maximum Gasteiger partial charge on any atom is 0.271 e. The second-order valence-electron chi connectivity index (χ2n) is 5.46. The van der Waals surface area contributed by atoms with Crippen LogP contribution in [0.25, 0.3) is 0 Å². The molecule has 0 aliphatic carbocycles. The number of rotatable bonds is 5. The molecule has 0 spiro atoms. The lowest BCUT2D eigenvalue weighted by Crippen LogP contribution is -2.18. The minimum atomic E-state index is -3.64. The molecule has 0 unspecified atom stereocenters. The maximum atomic E-state index is 13.1. The van der Waals surface area contributed by atoms with Gasteiger partial charge in [0.1, 0.15) is 10.0 Å². The van der Waals surface area contributed by atoms with Crippen LogP contribution in [0.2, 0.25) is 0 Å². The molecule has 0 bridgehead atoms. The average molecular weight is 389 g/mol. The normalized spacial score (nSPS) is 12.2. The zero-order valence-electron chi connectivity index (χ0n) is 13.6. The Morgan fingerprint density at radius 3 is 2.50 bits per heavy atom. The van der Waals surface area contributed by atoms with Gasteiger partial charge in [0.2, 0.25) is 0 Å². The molecule has 0 aliphatic heterocycles. The van der Waals surface area contributed by atoms with Crippen molar-refractivity contribution in [1.82, 2.24) is 0 Å². The SMILES string of the molecule is Cc1cc(F)ccc1N=C([O-])c1ccc(NS(=O)(=O)c2cccs2)cc1. The molecular formula is C18H14FN2O3S2-. The summed E-state index contributed by atoms with van der Waals surface area (Å²) in [5, 5.41) is 13.9. The number of aliphatic imine (C=N–C) groups is 1. The molecule has 2 aromatic carbocycles. The molecule has 0 aliphatic rings. The average Bonchev–Trinajstić information content (AvgIpc) is 3.13. The predicted octanol–water partition coefficient (Wildman–Crippen LogP) is 3.44. The van der Waals surface area contributed by atoms with Gasteiger partial charge in [-0.3, -0.25) is 9.71 Å². The lowest BCUT2D eigenvalue weighted by Gasteiger charge is -2.13. The van der Waals surface area contributed by atoms with E-state index in [0.29, 0.717) is 22.5 Å². The molecule has 0 amide bonds. The number of nitrogens with zero attached hydrogens (tertiary/aromatic N) is 1. The largest absolute Gasteiger partial charge is 0.858 e. The highest BCUT2D eigenvalue weighted by molar-refractivity contribution is 7.94. The van der Waals surface area contributed by atoms with Gasteiger partial charge < -0.3 is 5.11 Å². The van der Waals surface area contributed by atoms with Crippen LogP contribution in [0.4, 0.5) is 15.8 Å². The topological polar surface area (TPSA) is 81.6 Å². The van der Waals surface area contributed by atoms with E-state index in [1.54, 1.807) is 18.4 Å². The van der Waals surface area contributed by atoms with Crippen molar-refractivity contribution in [3.63, 3.8) is 0 Å². The van der Waals surface area contributed by atoms with Crippen LogP contribution >= 0.6 is 11.3 Å². The Morgan fingerprint density at radius 1 is 1.15 bits per heavy atom. The van der Waals surface area contributed by atoms with Crippen LogP contribution in [0.15, 0.2) is 69.2 Å². The van der Waals surface area contributed by atoms with Gasteiger partial charge in [-0.25, -0.2) is 12.8 Å². The van der Waals surface area contributed by atoms with E-state index >= 15 is 0 Å². The van der Waals surface area contributed by atoms with Crippen molar-refractivity contribution in [3.8, 4) is 0 Å². The van der Waals surface area contributed by atoms with Crippen LogP contribution in [0, 0.1) is 12.7 Å². The molecule has 0 saturated carbocycles. The third kappa shape index (κ3) is 4.09. The Balaban J connectivity index is 1.80. The van der Waals surface area contributed by atoms with E-state index in [4.69, 9.17) is 0 Å². The molecule has 26 heavy (non-hydrogen) atoms. The second-order valence-corrected chi connectivity index (χ2v) is 8.32. The number of hydrogen-bond donors (Lipinski definition) is 1. The molecule has 0 fully saturated rings. The molecule has 0 radical (unpaired) electrons. The van der Waals surface area contributed by atoms with Gasteiger partial charge in [0.25, 0.3) is 10.0 Å². The highest BCUT2D eigenvalue weighted by Crippen LogP contribution is 2.22. The van der Waals surface area contributed by atoms with Gasteiger partial charge in [-0.15, -0.1) is 11.3 Å².